The number of methoxy groups -OCH3 is 1. The average Bonchev–Trinajstić information content (AvgIpc) is 2.99. The summed E-state index contributed by atoms with van der Waals surface area (Å²) in [4.78, 5) is 27.2. The molecule has 2 aromatic rings. The van der Waals surface area contributed by atoms with E-state index in [4.69, 9.17) is 4.74 Å². The number of aryl methyl sites for hydroxylation is 1. The Bertz CT molecular complexity index is 684. The fourth-order valence-electron chi connectivity index (χ4n) is 1.90. The highest BCUT2D eigenvalue weighted by Gasteiger charge is 2.11. The van der Waals surface area contributed by atoms with Crippen molar-refractivity contribution in [1.29, 1.82) is 0 Å². The van der Waals surface area contributed by atoms with Crippen LogP contribution in [0.15, 0.2) is 29.6 Å². The maximum Gasteiger partial charge on any atom is 0.311 e. The van der Waals surface area contributed by atoms with Gasteiger partial charge in [-0.2, -0.15) is 0 Å². The van der Waals surface area contributed by atoms with Gasteiger partial charge in [-0.05, 0) is 18.1 Å². The molecule has 2 rings (SSSR count). The summed E-state index contributed by atoms with van der Waals surface area (Å²) in [6, 6.07) is 7.60. The smallest absolute Gasteiger partial charge is 0.311 e. The molecule has 23 heavy (non-hydrogen) atoms. The molecule has 0 radical (unpaired) electrons. The molecule has 1 heterocycles. The van der Waals surface area contributed by atoms with Gasteiger partial charge in [-0.3, -0.25) is 14.9 Å². The zero-order valence-corrected chi connectivity index (χ0v) is 13.8. The Morgan fingerprint density at radius 2 is 2.09 bits per heavy atom. The number of aromatic nitrogens is 1. The lowest BCUT2D eigenvalue weighted by Crippen LogP contribution is -2.20. The van der Waals surface area contributed by atoms with Crippen LogP contribution in [0.25, 0.3) is 0 Å². The monoisotopic (exact) mass is 334 g/mol. The van der Waals surface area contributed by atoms with Crippen LogP contribution in [0.1, 0.15) is 18.2 Å². The number of esters is 1. The lowest BCUT2D eigenvalue weighted by atomic mass is 10.1. The summed E-state index contributed by atoms with van der Waals surface area (Å²) in [5.74, 6) is 0.0400. The van der Waals surface area contributed by atoms with Crippen LogP contribution >= 0.6 is 11.3 Å². The van der Waals surface area contributed by atoms with E-state index >= 15 is 0 Å². The van der Waals surface area contributed by atoms with Gasteiger partial charge >= 0.3 is 5.97 Å². The van der Waals surface area contributed by atoms with Gasteiger partial charge in [0.1, 0.15) is 5.75 Å². The number of thiazole rings is 1. The molecule has 0 fully saturated rings. The maximum atomic E-state index is 11.9. The lowest BCUT2D eigenvalue weighted by Gasteiger charge is -2.09. The van der Waals surface area contributed by atoms with Gasteiger partial charge in [-0.25, -0.2) is 4.98 Å². The molecule has 1 N–H and O–H groups in total. The summed E-state index contributed by atoms with van der Waals surface area (Å²) in [5.41, 5.74) is 1.62. The Morgan fingerprint density at radius 3 is 2.83 bits per heavy atom. The van der Waals surface area contributed by atoms with E-state index in [1.807, 2.05) is 31.2 Å². The molecule has 0 aliphatic carbocycles. The van der Waals surface area contributed by atoms with Crippen molar-refractivity contribution in [1.82, 2.24) is 4.98 Å². The third kappa shape index (κ3) is 5.07. The van der Waals surface area contributed by atoms with Crippen LogP contribution in [0.2, 0.25) is 0 Å². The normalized spacial score (nSPS) is 10.2. The molecule has 0 spiro atoms. The number of hydrogen-bond acceptors (Lipinski definition) is 6. The maximum absolute atomic E-state index is 11.9. The largest absolute Gasteiger partial charge is 0.483 e. The third-order valence-corrected chi connectivity index (χ3v) is 3.87. The topological polar surface area (TPSA) is 77.5 Å². The Labute approximate surface area is 138 Å². The second-order valence-corrected chi connectivity index (χ2v) is 5.55. The van der Waals surface area contributed by atoms with Crippen molar-refractivity contribution in [3.63, 3.8) is 0 Å². The molecule has 0 saturated carbocycles. The van der Waals surface area contributed by atoms with Gasteiger partial charge in [0.15, 0.2) is 11.7 Å². The predicted octanol–water partition coefficient (Wildman–Crippen LogP) is 2.44. The SMILES string of the molecule is CCc1ccccc1OCC(=O)Nc1nc(CC(=O)OC)cs1. The Balaban J connectivity index is 1.86. The molecule has 0 atom stereocenters. The first-order valence-electron chi connectivity index (χ1n) is 7.14. The number of carbonyl (C=O) groups is 2. The molecule has 122 valence electrons. The third-order valence-electron chi connectivity index (χ3n) is 3.06. The quantitative estimate of drug-likeness (QED) is 0.787. The van der Waals surface area contributed by atoms with Crippen molar-refractivity contribution in [2.45, 2.75) is 19.8 Å². The average molecular weight is 334 g/mol. The van der Waals surface area contributed by atoms with E-state index in [9.17, 15) is 9.59 Å². The summed E-state index contributed by atoms with van der Waals surface area (Å²) in [5, 5.41) is 4.79. The van der Waals surface area contributed by atoms with Crippen molar-refractivity contribution in [3.05, 3.63) is 40.9 Å². The first-order valence-corrected chi connectivity index (χ1v) is 8.02. The van der Waals surface area contributed by atoms with Crippen molar-refractivity contribution in [2.24, 2.45) is 0 Å². The van der Waals surface area contributed by atoms with E-state index < -0.39 is 0 Å². The van der Waals surface area contributed by atoms with Crippen LogP contribution in [0.3, 0.4) is 0 Å². The first kappa shape index (κ1) is 17.0. The highest BCUT2D eigenvalue weighted by molar-refractivity contribution is 7.13. The second-order valence-electron chi connectivity index (χ2n) is 4.70. The minimum atomic E-state index is -0.368. The van der Waals surface area contributed by atoms with E-state index in [0.29, 0.717) is 16.6 Å². The van der Waals surface area contributed by atoms with Crippen molar-refractivity contribution < 1.29 is 19.1 Å². The van der Waals surface area contributed by atoms with Crippen molar-refractivity contribution >= 4 is 28.3 Å². The van der Waals surface area contributed by atoms with Crippen LogP contribution in [0.5, 0.6) is 5.75 Å². The molecule has 1 aromatic carbocycles. The van der Waals surface area contributed by atoms with Crippen LogP contribution in [-0.4, -0.2) is 30.6 Å². The fraction of sp³-hybridized carbons (Fsp3) is 0.312. The van der Waals surface area contributed by atoms with Gasteiger partial charge in [0, 0.05) is 5.38 Å². The molecular formula is C16H18N2O4S. The van der Waals surface area contributed by atoms with E-state index in [0.717, 1.165) is 12.0 Å². The molecule has 6 nitrogen and oxygen atoms in total. The minimum absolute atomic E-state index is 0.0866. The van der Waals surface area contributed by atoms with Crippen LogP contribution in [0.4, 0.5) is 5.13 Å². The van der Waals surface area contributed by atoms with Gasteiger partial charge in [0.05, 0.1) is 19.2 Å². The lowest BCUT2D eigenvalue weighted by molar-refractivity contribution is -0.139. The molecule has 1 aromatic heterocycles. The zero-order valence-electron chi connectivity index (χ0n) is 13.0. The fourth-order valence-corrected chi connectivity index (χ4v) is 2.63. The number of nitrogens with one attached hydrogen (secondary N) is 1. The number of ether oxygens (including phenoxy) is 2. The molecular weight excluding hydrogens is 316 g/mol. The van der Waals surface area contributed by atoms with Crippen molar-refractivity contribution in [3.8, 4) is 5.75 Å². The van der Waals surface area contributed by atoms with E-state index in [1.165, 1.54) is 18.4 Å². The summed E-state index contributed by atoms with van der Waals surface area (Å²) in [6.07, 6.45) is 0.921. The van der Waals surface area contributed by atoms with Crippen LogP contribution < -0.4 is 10.1 Å². The van der Waals surface area contributed by atoms with E-state index in [-0.39, 0.29) is 24.9 Å². The summed E-state index contributed by atoms with van der Waals surface area (Å²) < 4.78 is 10.1. The van der Waals surface area contributed by atoms with E-state index in [2.05, 4.69) is 15.0 Å². The molecule has 0 aliphatic rings. The van der Waals surface area contributed by atoms with Gasteiger partial charge < -0.3 is 9.47 Å². The van der Waals surface area contributed by atoms with Gasteiger partial charge in [-0.1, -0.05) is 25.1 Å². The number of para-hydroxylation sites is 1. The number of hydrogen-bond donors (Lipinski definition) is 1. The Kier molecular flexibility index (Phi) is 6.10. The number of anilines is 1. The van der Waals surface area contributed by atoms with Crippen LogP contribution in [-0.2, 0) is 27.2 Å². The molecule has 0 unspecified atom stereocenters. The van der Waals surface area contributed by atoms with E-state index in [1.54, 1.807) is 5.38 Å². The van der Waals surface area contributed by atoms with Gasteiger partial charge in [0.25, 0.3) is 5.91 Å². The Morgan fingerprint density at radius 1 is 1.30 bits per heavy atom. The second kappa shape index (κ2) is 8.28. The Hall–Kier alpha value is -2.41. The standard InChI is InChI=1S/C16H18N2O4S/c1-3-11-6-4-5-7-13(11)22-9-14(19)18-16-17-12(10-23-16)8-15(20)21-2/h4-7,10H,3,8-9H2,1-2H3,(H,17,18,19). The first-order chi connectivity index (χ1) is 11.1. The number of benzene rings is 1. The number of carbonyl (C=O) groups excluding carboxylic acids is 2. The summed E-state index contributed by atoms with van der Waals surface area (Å²) in [6.45, 7) is 1.93. The molecule has 1 amide bonds. The van der Waals surface area contributed by atoms with Crippen molar-refractivity contribution in [2.75, 3.05) is 19.0 Å². The number of rotatable bonds is 7. The molecule has 0 bridgehead atoms. The van der Waals surface area contributed by atoms with Gasteiger partial charge in [-0.15, -0.1) is 11.3 Å². The zero-order chi connectivity index (χ0) is 16.7. The molecule has 0 saturated heterocycles. The molecule has 7 heteroatoms. The summed E-state index contributed by atoms with van der Waals surface area (Å²) in [7, 11) is 1.32. The number of nitrogens with zero attached hydrogens (tertiary/aromatic N) is 1. The highest BCUT2D eigenvalue weighted by atomic mass is 32.1. The van der Waals surface area contributed by atoms with Gasteiger partial charge in [0.2, 0.25) is 0 Å². The predicted molar refractivity (Wildman–Crippen MR) is 87.8 cm³/mol. The minimum Gasteiger partial charge on any atom is -0.483 e. The highest BCUT2D eigenvalue weighted by Crippen LogP contribution is 2.19. The summed E-state index contributed by atoms with van der Waals surface area (Å²) >= 11 is 1.25. The molecule has 0 aliphatic heterocycles. The number of amides is 1. The van der Waals surface area contributed by atoms with Crippen LogP contribution in [0, 0.1) is 0 Å².